The van der Waals surface area contributed by atoms with E-state index in [0.29, 0.717) is 5.92 Å². The second-order valence-electron chi connectivity index (χ2n) is 6.04. The Morgan fingerprint density at radius 2 is 1.71 bits per heavy atom. The maximum atomic E-state index is 4.61. The average molecular weight is 285 g/mol. The van der Waals surface area contributed by atoms with Gasteiger partial charge in [0, 0.05) is 23.5 Å². The first-order valence-electron chi connectivity index (χ1n) is 7.84. The molecule has 0 saturated heterocycles. The highest BCUT2D eigenvalue weighted by Crippen LogP contribution is 2.26. The van der Waals surface area contributed by atoms with Gasteiger partial charge in [-0.15, -0.1) is 0 Å². The lowest BCUT2D eigenvalue weighted by molar-refractivity contribution is 0.632. The van der Waals surface area contributed by atoms with E-state index >= 15 is 0 Å². The highest BCUT2D eigenvalue weighted by molar-refractivity contribution is 5.48. The van der Waals surface area contributed by atoms with E-state index in [4.69, 9.17) is 0 Å². The molecule has 3 nitrogen and oxygen atoms in total. The number of nitrogens with one attached hydrogen (secondary N) is 1. The van der Waals surface area contributed by atoms with Crippen LogP contribution in [0.25, 0.3) is 0 Å². The number of anilines is 1. The molecule has 0 amide bonds. The standard InChI is InChI=1S/C18H27N3/c1-7-21-15(6)18(14(5)20-21)13(4)19-17-10-8-16(9-11-17)12(2)3/h8-13,19H,7H2,1-6H3. The van der Waals surface area contributed by atoms with Crippen molar-refractivity contribution in [3.63, 3.8) is 0 Å². The largest absolute Gasteiger partial charge is 0.378 e. The second kappa shape index (κ2) is 6.33. The molecule has 1 aromatic carbocycles. The van der Waals surface area contributed by atoms with Crippen molar-refractivity contribution in [2.75, 3.05) is 5.32 Å². The number of aryl methyl sites for hydroxylation is 2. The van der Waals surface area contributed by atoms with Crippen LogP contribution in [0.3, 0.4) is 0 Å². The lowest BCUT2D eigenvalue weighted by atomic mass is 10.0. The summed E-state index contributed by atoms with van der Waals surface area (Å²) in [6.07, 6.45) is 0. The van der Waals surface area contributed by atoms with Gasteiger partial charge in [0.1, 0.15) is 0 Å². The molecule has 0 saturated carbocycles. The van der Waals surface area contributed by atoms with Gasteiger partial charge in [-0.1, -0.05) is 26.0 Å². The molecule has 1 aromatic heterocycles. The first kappa shape index (κ1) is 15.6. The smallest absolute Gasteiger partial charge is 0.0649 e. The molecule has 114 valence electrons. The summed E-state index contributed by atoms with van der Waals surface area (Å²) in [7, 11) is 0. The van der Waals surface area contributed by atoms with Crippen molar-refractivity contribution in [1.29, 1.82) is 0 Å². The van der Waals surface area contributed by atoms with Crippen molar-refractivity contribution < 1.29 is 0 Å². The van der Waals surface area contributed by atoms with E-state index in [9.17, 15) is 0 Å². The topological polar surface area (TPSA) is 29.9 Å². The van der Waals surface area contributed by atoms with Gasteiger partial charge in [0.25, 0.3) is 0 Å². The molecule has 1 heterocycles. The zero-order valence-electron chi connectivity index (χ0n) is 14.1. The van der Waals surface area contributed by atoms with Crippen LogP contribution < -0.4 is 5.32 Å². The number of hydrogen-bond donors (Lipinski definition) is 1. The lowest BCUT2D eigenvalue weighted by Crippen LogP contribution is -2.09. The van der Waals surface area contributed by atoms with Crippen LogP contribution in [0.15, 0.2) is 24.3 Å². The van der Waals surface area contributed by atoms with Crippen molar-refractivity contribution >= 4 is 5.69 Å². The van der Waals surface area contributed by atoms with Crippen LogP contribution in [0.5, 0.6) is 0 Å². The molecule has 0 radical (unpaired) electrons. The van der Waals surface area contributed by atoms with Crippen molar-refractivity contribution in [2.24, 2.45) is 0 Å². The van der Waals surface area contributed by atoms with Gasteiger partial charge >= 0.3 is 0 Å². The van der Waals surface area contributed by atoms with Crippen LogP contribution in [0.2, 0.25) is 0 Å². The van der Waals surface area contributed by atoms with Crippen molar-refractivity contribution in [1.82, 2.24) is 9.78 Å². The monoisotopic (exact) mass is 285 g/mol. The van der Waals surface area contributed by atoms with Crippen LogP contribution in [-0.2, 0) is 6.54 Å². The van der Waals surface area contributed by atoms with Gasteiger partial charge in [0.2, 0.25) is 0 Å². The average Bonchev–Trinajstić information content (AvgIpc) is 2.73. The molecule has 1 unspecified atom stereocenters. The summed E-state index contributed by atoms with van der Waals surface area (Å²) >= 11 is 0. The Hall–Kier alpha value is -1.77. The van der Waals surface area contributed by atoms with E-state index in [1.165, 1.54) is 16.8 Å². The highest BCUT2D eigenvalue weighted by Gasteiger charge is 2.16. The minimum atomic E-state index is 0.259. The molecule has 0 aliphatic rings. The Morgan fingerprint density at radius 1 is 1.10 bits per heavy atom. The summed E-state index contributed by atoms with van der Waals surface area (Å²) in [5, 5.41) is 8.20. The Kier molecular flexibility index (Phi) is 4.71. The second-order valence-corrected chi connectivity index (χ2v) is 6.04. The number of rotatable bonds is 5. The molecule has 2 rings (SSSR count). The summed E-state index contributed by atoms with van der Waals surface area (Å²) in [6.45, 7) is 13.9. The summed E-state index contributed by atoms with van der Waals surface area (Å²) in [5.41, 5.74) is 6.22. The van der Waals surface area contributed by atoms with E-state index in [0.717, 1.165) is 17.9 Å². The van der Waals surface area contributed by atoms with Crippen molar-refractivity contribution in [3.8, 4) is 0 Å². The lowest BCUT2D eigenvalue weighted by Gasteiger charge is -2.17. The molecule has 1 atom stereocenters. The number of nitrogens with zero attached hydrogens (tertiary/aromatic N) is 2. The Balaban J connectivity index is 2.18. The van der Waals surface area contributed by atoms with Crippen molar-refractivity contribution in [2.45, 2.75) is 60.0 Å². The highest BCUT2D eigenvalue weighted by atomic mass is 15.3. The maximum absolute atomic E-state index is 4.61. The third kappa shape index (κ3) is 3.29. The molecule has 2 aromatic rings. The molecule has 0 fully saturated rings. The van der Waals surface area contributed by atoms with Gasteiger partial charge in [-0.05, 0) is 51.3 Å². The molecular formula is C18H27N3. The Bertz CT molecular complexity index is 594. The minimum absolute atomic E-state index is 0.259. The van der Waals surface area contributed by atoms with Crippen LogP contribution >= 0.6 is 0 Å². The van der Waals surface area contributed by atoms with E-state index in [1.54, 1.807) is 0 Å². The van der Waals surface area contributed by atoms with Crippen LogP contribution in [0.1, 0.15) is 62.2 Å². The predicted octanol–water partition coefficient (Wildman–Crippen LogP) is 4.82. The Labute approximate surface area is 128 Å². The van der Waals surface area contributed by atoms with Crippen molar-refractivity contribution in [3.05, 3.63) is 46.8 Å². The quantitative estimate of drug-likeness (QED) is 0.853. The molecule has 0 aliphatic carbocycles. The summed E-state index contributed by atoms with van der Waals surface area (Å²) in [4.78, 5) is 0. The third-order valence-corrected chi connectivity index (χ3v) is 4.13. The van der Waals surface area contributed by atoms with Gasteiger partial charge in [0.05, 0.1) is 11.7 Å². The Morgan fingerprint density at radius 3 is 2.19 bits per heavy atom. The molecular weight excluding hydrogens is 258 g/mol. The fraction of sp³-hybridized carbons (Fsp3) is 0.500. The van der Waals surface area contributed by atoms with Gasteiger partial charge in [-0.2, -0.15) is 5.10 Å². The van der Waals surface area contributed by atoms with E-state index in [-0.39, 0.29) is 6.04 Å². The number of hydrogen-bond acceptors (Lipinski definition) is 2. The molecule has 0 bridgehead atoms. The SMILES string of the molecule is CCn1nc(C)c(C(C)Nc2ccc(C(C)C)cc2)c1C. The molecule has 0 aliphatic heterocycles. The zero-order chi connectivity index (χ0) is 15.6. The number of aromatic nitrogens is 2. The molecule has 21 heavy (non-hydrogen) atoms. The van der Waals surface area contributed by atoms with Gasteiger partial charge in [0.15, 0.2) is 0 Å². The van der Waals surface area contributed by atoms with Gasteiger partial charge in [-0.25, -0.2) is 0 Å². The third-order valence-electron chi connectivity index (χ3n) is 4.13. The summed E-state index contributed by atoms with van der Waals surface area (Å²) in [5.74, 6) is 0.573. The molecule has 1 N–H and O–H groups in total. The summed E-state index contributed by atoms with van der Waals surface area (Å²) < 4.78 is 2.07. The first-order chi connectivity index (χ1) is 9.93. The van der Waals surface area contributed by atoms with E-state index in [1.807, 2.05) is 0 Å². The number of benzene rings is 1. The molecule has 0 spiro atoms. The maximum Gasteiger partial charge on any atom is 0.0649 e. The van der Waals surface area contributed by atoms with Crippen LogP contribution in [0.4, 0.5) is 5.69 Å². The van der Waals surface area contributed by atoms with Gasteiger partial charge in [-0.3, -0.25) is 4.68 Å². The first-order valence-corrected chi connectivity index (χ1v) is 7.84. The normalized spacial score (nSPS) is 12.7. The molecule has 3 heteroatoms. The zero-order valence-corrected chi connectivity index (χ0v) is 14.1. The van der Waals surface area contributed by atoms with Crippen LogP contribution in [-0.4, -0.2) is 9.78 Å². The van der Waals surface area contributed by atoms with E-state index < -0.39 is 0 Å². The fourth-order valence-electron chi connectivity index (χ4n) is 2.93. The minimum Gasteiger partial charge on any atom is -0.378 e. The fourth-order valence-corrected chi connectivity index (χ4v) is 2.93. The predicted molar refractivity (Wildman–Crippen MR) is 89.9 cm³/mol. The van der Waals surface area contributed by atoms with Gasteiger partial charge < -0.3 is 5.32 Å². The van der Waals surface area contributed by atoms with Crippen LogP contribution in [0, 0.1) is 13.8 Å². The van der Waals surface area contributed by atoms with E-state index in [2.05, 4.69) is 80.9 Å². The summed E-state index contributed by atoms with van der Waals surface area (Å²) in [6, 6.07) is 9.00.